The highest BCUT2D eigenvalue weighted by Crippen LogP contribution is 2.31. The van der Waals surface area contributed by atoms with E-state index in [9.17, 15) is 14.0 Å². The minimum atomic E-state index is -0.362. The molecule has 1 fully saturated rings. The Morgan fingerprint density at radius 3 is 2.50 bits per heavy atom. The van der Waals surface area contributed by atoms with Gasteiger partial charge in [0, 0.05) is 44.7 Å². The summed E-state index contributed by atoms with van der Waals surface area (Å²) in [7, 11) is 0. The van der Waals surface area contributed by atoms with Gasteiger partial charge in [0.2, 0.25) is 16.9 Å². The smallest absolute Gasteiger partial charge is 0.224 e. The molecule has 1 aromatic carbocycles. The quantitative estimate of drug-likeness (QED) is 0.629. The zero-order chi connectivity index (χ0) is 20.9. The number of anilines is 2. The van der Waals surface area contributed by atoms with E-state index in [1.807, 2.05) is 17.5 Å². The Balaban J connectivity index is 1.22. The third kappa shape index (κ3) is 5.00. The summed E-state index contributed by atoms with van der Waals surface area (Å²) in [5.74, 6) is -0.664. The van der Waals surface area contributed by atoms with Gasteiger partial charge in [0.05, 0.1) is 4.88 Å². The summed E-state index contributed by atoms with van der Waals surface area (Å²) in [5, 5.41) is 15.0. The zero-order valence-electron chi connectivity index (χ0n) is 16.1. The van der Waals surface area contributed by atoms with Crippen LogP contribution in [0.4, 0.5) is 15.2 Å². The van der Waals surface area contributed by atoms with Gasteiger partial charge in [0.25, 0.3) is 0 Å². The Kier molecular flexibility index (Phi) is 6.34. The first-order chi connectivity index (χ1) is 14.6. The van der Waals surface area contributed by atoms with Crippen molar-refractivity contribution in [1.29, 1.82) is 0 Å². The molecule has 1 aliphatic heterocycles. The predicted octanol–water partition coefficient (Wildman–Crippen LogP) is 3.47. The monoisotopic (exact) mass is 445 g/mol. The minimum Gasteiger partial charge on any atom is -0.343 e. The highest BCUT2D eigenvalue weighted by Gasteiger charge is 2.24. The molecule has 156 valence electrons. The maximum absolute atomic E-state index is 12.9. The molecule has 0 spiro atoms. The topological polar surface area (TPSA) is 78.4 Å². The van der Waals surface area contributed by atoms with Crippen molar-refractivity contribution in [3.63, 3.8) is 0 Å². The Bertz CT molecular complexity index is 999. The molecule has 0 unspecified atom stereocenters. The first-order valence-corrected chi connectivity index (χ1v) is 11.2. The first-order valence-electron chi connectivity index (χ1n) is 9.54. The summed E-state index contributed by atoms with van der Waals surface area (Å²) >= 11 is 3.19. The number of hydrogen-bond acceptors (Lipinski definition) is 7. The third-order valence-corrected chi connectivity index (χ3v) is 6.77. The fraction of sp³-hybridized carbons (Fsp3) is 0.300. The molecule has 7 nitrogen and oxygen atoms in total. The van der Waals surface area contributed by atoms with E-state index in [-0.39, 0.29) is 30.5 Å². The van der Waals surface area contributed by atoms with Crippen molar-refractivity contribution in [2.45, 2.75) is 12.8 Å². The molecule has 1 aliphatic rings. The predicted molar refractivity (Wildman–Crippen MR) is 116 cm³/mol. The fourth-order valence-electron chi connectivity index (χ4n) is 3.13. The number of piperazine rings is 1. The number of halogens is 1. The van der Waals surface area contributed by atoms with Crippen LogP contribution in [0.1, 0.15) is 12.8 Å². The highest BCUT2D eigenvalue weighted by atomic mass is 32.1. The number of benzene rings is 1. The van der Waals surface area contributed by atoms with Crippen LogP contribution in [0.3, 0.4) is 0 Å². The van der Waals surface area contributed by atoms with E-state index in [1.165, 1.54) is 24.3 Å². The number of carbonyl (C=O) groups is 2. The maximum Gasteiger partial charge on any atom is 0.224 e. The van der Waals surface area contributed by atoms with Crippen LogP contribution in [0.5, 0.6) is 0 Å². The van der Waals surface area contributed by atoms with Crippen molar-refractivity contribution >= 4 is 45.3 Å². The van der Waals surface area contributed by atoms with Crippen LogP contribution in [-0.2, 0) is 9.59 Å². The van der Waals surface area contributed by atoms with E-state index in [2.05, 4.69) is 20.4 Å². The van der Waals surface area contributed by atoms with Gasteiger partial charge in [-0.1, -0.05) is 17.4 Å². The molecule has 30 heavy (non-hydrogen) atoms. The van der Waals surface area contributed by atoms with Gasteiger partial charge in [-0.3, -0.25) is 9.59 Å². The Hall–Kier alpha value is -2.85. The number of thiophene rings is 1. The van der Waals surface area contributed by atoms with Gasteiger partial charge in [-0.25, -0.2) is 4.39 Å². The van der Waals surface area contributed by atoms with Gasteiger partial charge in [-0.05, 0) is 35.7 Å². The Morgan fingerprint density at radius 1 is 1.03 bits per heavy atom. The fourth-order valence-corrected chi connectivity index (χ4v) is 4.81. The number of rotatable bonds is 6. The van der Waals surface area contributed by atoms with E-state index in [1.54, 1.807) is 27.6 Å². The SMILES string of the molecule is O=C(CCC(=O)N1CCN(c2nnc(-c3cccs3)s2)CC1)Nc1ccc(F)cc1. The Morgan fingerprint density at radius 2 is 1.80 bits per heavy atom. The lowest BCUT2D eigenvalue weighted by atomic mass is 10.2. The van der Waals surface area contributed by atoms with Crippen molar-refractivity contribution < 1.29 is 14.0 Å². The molecule has 0 bridgehead atoms. The summed E-state index contributed by atoms with van der Waals surface area (Å²) in [6, 6.07) is 9.56. The van der Waals surface area contributed by atoms with Crippen LogP contribution in [0, 0.1) is 5.82 Å². The lowest BCUT2D eigenvalue weighted by Gasteiger charge is -2.34. The molecule has 3 aromatic rings. The molecule has 1 saturated heterocycles. The number of hydrogen-bond donors (Lipinski definition) is 1. The van der Waals surface area contributed by atoms with Crippen LogP contribution in [0.2, 0.25) is 0 Å². The van der Waals surface area contributed by atoms with Crippen LogP contribution in [0.15, 0.2) is 41.8 Å². The summed E-state index contributed by atoms with van der Waals surface area (Å²) in [6.45, 7) is 2.55. The number of aromatic nitrogens is 2. The summed E-state index contributed by atoms with van der Waals surface area (Å²) in [4.78, 5) is 29.5. The molecular weight excluding hydrogens is 425 g/mol. The van der Waals surface area contributed by atoms with Crippen LogP contribution < -0.4 is 10.2 Å². The lowest BCUT2D eigenvalue weighted by molar-refractivity contribution is -0.133. The lowest BCUT2D eigenvalue weighted by Crippen LogP contribution is -2.48. The standard InChI is InChI=1S/C20H20FN5O2S2/c21-14-3-5-15(6-4-14)22-17(27)7-8-18(28)25-9-11-26(12-10-25)20-24-23-19(30-20)16-2-1-13-29-16/h1-6,13H,7-12H2,(H,22,27). The molecule has 2 aromatic heterocycles. The zero-order valence-corrected chi connectivity index (χ0v) is 17.7. The first kappa shape index (κ1) is 20.4. The summed E-state index contributed by atoms with van der Waals surface area (Å²) in [5.41, 5.74) is 0.515. The number of amides is 2. The van der Waals surface area contributed by atoms with Crippen LogP contribution >= 0.6 is 22.7 Å². The average Bonchev–Trinajstić information content (AvgIpc) is 3.46. The van der Waals surface area contributed by atoms with Gasteiger partial charge in [0.15, 0.2) is 5.01 Å². The maximum atomic E-state index is 12.9. The molecule has 4 rings (SSSR count). The highest BCUT2D eigenvalue weighted by molar-refractivity contribution is 7.22. The van der Waals surface area contributed by atoms with E-state index in [0.717, 1.165) is 15.0 Å². The molecule has 3 heterocycles. The van der Waals surface area contributed by atoms with Gasteiger partial charge in [-0.2, -0.15) is 0 Å². The molecule has 10 heteroatoms. The minimum absolute atomic E-state index is 0.0413. The molecule has 0 atom stereocenters. The molecular formula is C20H20FN5O2S2. The van der Waals surface area contributed by atoms with Crippen LogP contribution in [0.25, 0.3) is 9.88 Å². The largest absolute Gasteiger partial charge is 0.343 e. The normalized spacial score (nSPS) is 14.0. The second-order valence-corrected chi connectivity index (χ2v) is 8.69. The van der Waals surface area contributed by atoms with Crippen molar-refractivity contribution in [2.24, 2.45) is 0 Å². The van der Waals surface area contributed by atoms with Crippen molar-refractivity contribution in [1.82, 2.24) is 15.1 Å². The second-order valence-electron chi connectivity index (χ2n) is 6.79. The van der Waals surface area contributed by atoms with Gasteiger partial charge in [0.1, 0.15) is 5.82 Å². The van der Waals surface area contributed by atoms with Crippen LogP contribution in [-0.4, -0.2) is 53.1 Å². The van der Waals surface area contributed by atoms with Gasteiger partial charge in [-0.15, -0.1) is 21.5 Å². The van der Waals surface area contributed by atoms with E-state index in [4.69, 9.17) is 0 Å². The number of carbonyl (C=O) groups excluding carboxylic acids is 2. The van der Waals surface area contributed by atoms with Gasteiger partial charge < -0.3 is 15.1 Å². The van der Waals surface area contributed by atoms with E-state index >= 15 is 0 Å². The summed E-state index contributed by atoms with van der Waals surface area (Å²) < 4.78 is 12.9. The van der Waals surface area contributed by atoms with Crippen molar-refractivity contribution in [2.75, 3.05) is 36.4 Å². The second kappa shape index (κ2) is 9.31. The third-order valence-electron chi connectivity index (χ3n) is 4.74. The molecule has 0 saturated carbocycles. The molecule has 0 radical (unpaired) electrons. The molecule has 1 N–H and O–H groups in total. The van der Waals surface area contributed by atoms with Gasteiger partial charge >= 0.3 is 0 Å². The average molecular weight is 446 g/mol. The van der Waals surface area contributed by atoms with Crippen molar-refractivity contribution in [3.8, 4) is 9.88 Å². The summed E-state index contributed by atoms with van der Waals surface area (Å²) in [6.07, 6.45) is 0.241. The van der Waals surface area contributed by atoms with E-state index in [0.29, 0.717) is 31.9 Å². The van der Waals surface area contributed by atoms with E-state index < -0.39 is 0 Å². The number of nitrogens with one attached hydrogen (secondary N) is 1. The molecule has 0 aliphatic carbocycles. The molecule has 2 amide bonds. The van der Waals surface area contributed by atoms with Crippen molar-refractivity contribution in [3.05, 3.63) is 47.6 Å². The Labute approximate surface area is 181 Å². The number of nitrogens with zero attached hydrogens (tertiary/aromatic N) is 4.